The second-order valence-corrected chi connectivity index (χ2v) is 9.18. The minimum absolute atomic E-state index is 0.0962. The standard InChI is InChI=1S/C26H29N3O3S/c1-4-26(13-6-14-29(26)24(30)21-7-5-8-22(15-21)32-3)25(31)27-16-19-9-11-20(12-10-19)23-18(2)28-17-33-23/h5,7-12,15,17H,4,6,13-14,16H2,1-3H3,(H,27,31). The molecule has 0 saturated carbocycles. The fraction of sp³-hybridized carbons (Fsp3) is 0.346. The van der Waals surface area contributed by atoms with Crippen molar-refractivity contribution in [3.63, 3.8) is 0 Å². The molecule has 6 nitrogen and oxygen atoms in total. The number of methoxy groups -OCH3 is 1. The second kappa shape index (κ2) is 9.75. The van der Waals surface area contributed by atoms with Crippen molar-refractivity contribution in [3.8, 4) is 16.2 Å². The highest BCUT2D eigenvalue weighted by Gasteiger charge is 2.48. The molecule has 0 radical (unpaired) electrons. The Morgan fingerprint density at radius 2 is 2.00 bits per heavy atom. The molecular weight excluding hydrogens is 434 g/mol. The Hall–Kier alpha value is -3.19. The van der Waals surface area contributed by atoms with Crippen molar-refractivity contribution in [3.05, 3.63) is 70.9 Å². The summed E-state index contributed by atoms with van der Waals surface area (Å²) in [6.07, 6.45) is 2.03. The Labute approximate surface area is 198 Å². The average Bonchev–Trinajstić information content (AvgIpc) is 3.49. The maximum atomic E-state index is 13.4. The third kappa shape index (κ3) is 4.50. The summed E-state index contributed by atoms with van der Waals surface area (Å²) >= 11 is 1.62. The number of carbonyl (C=O) groups is 2. The van der Waals surface area contributed by atoms with Gasteiger partial charge in [0.2, 0.25) is 5.91 Å². The lowest BCUT2D eigenvalue weighted by Gasteiger charge is -2.36. The fourth-order valence-corrected chi connectivity index (χ4v) is 5.36. The first-order valence-electron chi connectivity index (χ1n) is 11.2. The van der Waals surface area contributed by atoms with Gasteiger partial charge in [-0.2, -0.15) is 0 Å². The van der Waals surface area contributed by atoms with E-state index in [1.165, 1.54) is 0 Å². The van der Waals surface area contributed by atoms with E-state index >= 15 is 0 Å². The van der Waals surface area contributed by atoms with E-state index in [4.69, 9.17) is 4.74 Å². The maximum absolute atomic E-state index is 13.4. The highest BCUT2D eigenvalue weighted by Crippen LogP contribution is 2.35. The summed E-state index contributed by atoms with van der Waals surface area (Å²) in [6, 6.07) is 15.3. The van der Waals surface area contributed by atoms with E-state index in [1.807, 2.05) is 37.6 Å². The number of nitrogens with one attached hydrogen (secondary N) is 1. The van der Waals surface area contributed by atoms with Gasteiger partial charge in [0.05, 0.1) is 23.2 Å². The molecule has 0 aliphatic carbocycles. The van der Waals surface area contributed by atoms with E-state index in [9.17, 15) is 9.59 Å². The Morgan fingerprint density at radius 3 is 2.67 bits per heavy atom. The zero-order valence-electron chi connectivity index (χ0n) is 19.3. The molecule has 7 heteroatoms. The van der Waals surface area contributed by atoms with E-state index in [1.54, 1.807) is 41.5 Å². The number of hydrogen-bond acceptors (Lipinski definition) is 5. The van der Waals surface area contributed by atoms with E-state index in [0.717, 1.165) is 28.1 Å². The lowest BCUT2D eigenvalue weighted by atomic mass is 9.90. The summed E-state index contributed by atoms with van der Waals surface area (Å²) in [5, 5.41) is 3.09. The van der Waals surface area contributed by atoms with Crippen LogP contribution in [0.15, 0.2) is 54.0 Å². The molecule has 1 fully saturated rings. The molecule has 0 bridgehead atoms. The number of aromatic nitrogens is 1. The molecule has 2 aromatic carbocycles. The summed E-state index contributed by atoms with van der Waals surface area (Å²) in [6.45, 7) is 4.97. The predicted octanol–water partition coefficient (Wildman–Crippen LogP) is 4.83. The largest absolute Gasteiger partial charge is 0.497 e. The van der Waals surface area contributed by atoms with Crippen LogP contribution in [0.5, 0.6) is 5.75 Å². The number of ether oxygens (including phenoxy) is 1. The number of carbonyl (C=O) groups excluding carboxylic acids is 2. The molecule has 1 aliphatic heterocycles. The van der Waals surface area contributed by atoms with Crippen molar-refractivity contribution in [2.75, 3.05) is 13.7 Å². The van der Waals surface area contributed by atoms with Gasteiger partial charge in [-0.25, -0.2) is 4.98 Å². The summed E-state index contributed by atoms with van der Waals surface area (Å²) < 4.78 is 5.27. The average molecular weight is 464 g/mol. The summed E-state index contributed by atoms with van der Waals surface area (Å²) in [5.74, 6) is 0.400. The van der Waals surface area contributed by atoms with Gasteiger partial charge in [-0.1, -0.05) is 37.3 Å². The maximum Gasteiger partial charge on any atom is 0.254 e. The first-order valence-corrected chi connectivity index (χ1v) is 12.1. The lowest BCUT2D eigenvalue weighted by molar-refractivity contribution is -0.131. The molecular formula is C26H29N3O3S. The Balaban J connectivity index is 1.47. The van der Waals surface area contributed by atoms with E-state index in [0.29, 0.717) is 37.2 Å². The SMILES string of the molecule is CCC1(C(=O)NCc2ccc(-c3scnc3C)cc2)CCCN1C(=O)c1cccc(OC)c1. The molecule has 1 aromatic heterocycles. The normalized spacial score (nSPS) is 17.7. The first-order chi connectivity index (χ1) is 16.0. The van der Waals surface area contributed by atoms with Gasteiger partial charge in [-0.3, -0.25) is 9.59 Å². The van der Waals surface area contributed by atoms with E-state index in [-0.39, 0.29) is 11.8 Å². The zero-order valence-corrected chi connectivity index (χ0v) is 20.1. The van der Waals surface area contributed by atoms with Crippen LogP contribution in [0.25, 0.3) is 10.4 Å². The van der Waals surface area contributed by atoms with Gasteiger partial charge >= 0.3 is 0 Å². The van der Waals surface area contributed by atoms with Gasteiger partial charge in [-0.05, 0) is 55.5 Å². The molecule has 1 unspecified atom stereocenters. The monoisotopic (exact) mass is 463 g/mol. The van der Waals surface area contributed by atoms with Crippen molar-refractivity contribution in [1.82, 2.24) is 15.2 Å². The highest BCUT2D eigenvalue weighted by molar-refractivity contribution is 7.13. The van der Waals surface area contributed by atoms with Gasteiger partial charge < -0.3 is 15.0 Å². The Bertz CT molecular complexity index is 1140. The molecule has 1 aliphatic rings. The van der Waals surface area contributed by atoms with Gasteiger partial charge in [0, 0.05) is 18.7 Å². The summed E-state index contributed by atoms with van der Waals surface area (Å²) in [4.78, 5) is 33.9. The van der Waals surface area contributed by atoms with Crippen molar-refractivity contribution < 1.29 is 14.3 Å². The molecule has 1 saturated heterocycles. The minimum atomic E-state index is -0.833. The van der Waals surface area contributed by atoms with Crippen molar-refractivity contribution >= 4 is 23.2 Å². The van der Waals surface area contributed by atoms with Gasteiger partial charge in [0.1, 0.15) is 11.3 Å². The molecule has 4 rings (SSSR count). The second-order valence-electron chi connectivity index (χ2n) is 8.32. The fourth-order valence-electron chi connectivity index (χ4n) is 4.55. The smallest absolute Gasteiger partial charge is 0.254 e. The molecule has 2 amide bonds. The number of amides is 2. The van der Waals surface area contributed by atoms with Crippen LogP contribution in [0.2, 0.25) is 0 Å². The molecule has 1 atom stereocenters. The molecule has 3 aromatic rings. The predicted molar refractivity (Wildman–Crippen MR) is 130 cm³/mol. The van der Waals surface area contributed by atoms with Crippen molar-refractivity contribution in [2.24, 2.45) is 0 Å². The van der Waals surface area contributed by atoms with Crippen LogP contribution in [0.3, 0.4) is 0 Å². The number of aryl methyl sites for hydroxylation is 1. The summed E-state index contributed by atoms with van der Waals surface area (Å²) in [7, 11) is 1.58. The van der Waals surface area contributed by atoms with Crippen LogP contribution in [0.1, 0.15) is 47.8 Å². The van der Waals surface area contributed by atoms with Crippen LogP contribution in [-0.4, -0.2) is 40.9 Å². The number of benzene rings is 2. The van der Waals surface area contributed by atoms with Crippen LogP contribution in [0.4, 0.5) is 0 Å². The number of nitrogens with zero attached hydrogens (tertiary/aromatic N) is 2. The first kappa shape index (κ1) is 23.0. The van der Waals surface area contributed by atoms with Crippen molar-refractivity contribution in [1.29, 1.82) is 0 Å². The molecule has 1 N–H and O–H groups in total. The van der Waals surface area contributed by atoms with Crippen LogP contribution < -0.4 is 10.1 Å². The summed E-state index contributed by atoms with van der Waals surface area (Å²) in [5.41, 5.74) is 4.72. The number of thiazole rings is 1. The topological polar surface area (TPSA) is 71.5 Å². The Morgan fingerprint density at radius 1 is 1.21 bits per heavy atom. The molecule has 33 heavy (non-hydrogen) atoms. The van der Waals surface area contributed by atoms with Gasteiger partial charge in [0.25, 0.3) is 5.91 Å². The lowest BCUT2D eigenvalue weighted by Crippen LogP contribution is -2.56. The number of rotatable bonds is 7. The molecule has 2 heterocycles. The minimum Gasteiger partial charge on any atom is -0.497 e. The number of likely N-dealkylation sites (tertiary alicyclic amines) is 1. The molecule has 0 spiro atoms. The third-order valence-corrected chi connectivity index (χ3v) is 7.45. The van der Waals surface area contributed by atoms with Gasteiger partial charge in [-0.15, -0.1) is 11.3 Å². The zero-order chi connectivity index (χ0) is 23.4. The van der Waals surface area contributed by atoms with Crippen LogP contribution in [-0.2, 0) is 11.3 Å². The van der Waals surface area contributed by atoms with Crippen molar-refractivity contribution in [2.45, 2.75) is 45.2 Å². The van der Waals surface area contributed by atoms with Crippen LogP contribution >= 0.6 is 11.3 Å². The third-order valence-electron chi connectivity index (χ3n) is 6.47. The highest BCUT2D eigenvalue weighted by atomic mass is 32.1. The van der Waals surface area contributed by atoms with Crippen LogP contribution in [0, 0.1) is 6.92 Å². The quantitative estimate of drug-likeness (QED) is 0.545. The van der Waals surface area contributed by atoms with Gasteiger partial charge in [0.15, 0.2) is 0 Å². The van der Waals surface area contributed by atoms with E-state index in [2.05, 4.69) is 22.4 Å². The Kier molecular flexibility index (Phi) is 6.79. The van der Waals surface area contributed by atoms with E-state index < -0.39 is 5.54 Å². The molecule has 172 valence electrons. The number of hydrogen-bond donors (Lipinski definition) is 1.